The van der Waals surface area contributed by atoms with Crippen LogP contribution in [0.5, 0.6) is 0 Å². The molecule has 0 radical (unpaired) electrons. The first kappa shape index (κ1) is 8.73. The van der Waals surface area contributed by atoms with E-state index in [1.807, 2.05) is 18.0 Å². The normalized spacial score (nSPS) is 30.9. The second-order valence-electron chi connectivity index (χ2n) is 2.98. The Balaban J connectivity index is 2.28. The van der Waals surface area contributed by atoms with Crippen molar-refractivity contribution in [2.45, 2.75) is 37.0 Å². The molecule has 0 aromatic heterocycles. The molecule has 2 nitrogen and oxygen atoms in total. The third kappa shape index (κ3) is 2.63. The maximum atomic E-state index is 8.41. The Kier molecular flexibility index (Phi) is 3.58. The summed E-state index contributed by atoms with van der Waals surface area (Å²) in [7, 11) is 0. The number of hydrogen-bond donors (Lipinski definition) is 1. The molecule has 1 saturated carbocycles. The summed E-state index contributed by atoms with van der Waals surface area (Å²) in [5, 5.41) is 12.0. The van der Waals surface area contributed by atoms with E-state index in [9.17, 15) is 0 Å². The fourth-order valence-corrected chi connectivity index (χ4v) is 2.41. The minimum atomic E-state index is 0.450. The van der Waals surface area contributed by atoms with Crippen LogP contribution in [0, 0.1) is 11.5 Å². The van der Waals surface area contributed by atoms with Crippen molar-refractivity contribution in [3.05, 3.63) is 0 Å². The van der Waals surface area contributed by atoms with E-state index in [0.29, 0.717) is 6.04 Å². The van der Waals surface area contributed by atoms with Crippen molar-refractivity contribution in [3.8, 4) is 6.19 Å². The first-order valence-electron chi connectivity index (χ1n) is 4.04. The second kappa shape index (κ2) is 4.50. The summed E-state index contributed by atoms with van der Waals surface area (Å²) in [5.41, 5.74) is 0. The van der Waals surface area contributed by atoms with Crippen LogP contribution in [0.15, 0.2) is 0 Å². The fraction of sp³-hybridized carbons (Fsp3) is 0.875. The van der Waals surface area contributed by atoms with Crippen molar-refractivity contribution in [1.82, 2.24) is 5.32 Å². The quantitative estimate of drug-likeness (QED) is 0.506. The molecule has 1 N–H and O–H groups in total. The predicted octanol–water partition coefficient (Wildman–Crippen LogP) is 1.73. The van der Waals surface area contributed by atoms with Crippen molar-refractivity contribution in [1.29, 1.82) is 5.26 Å². The Bertz CT molecular complexity index is 153. The van der Waals surface area contributed by atoms with Crippen LogP contribution in [0.1, 0.15) is 25.7 Å². The molecule has 0 saturated heterocycles. The lowest BCUT2D eigenvalue weighted by Gasteiger charge is -2.26. The number of nitrogens with zero attached hydrogens (tertiary/aromatic N) is 1. The summed E-state index contributed by atoms with van der Waals surface area (Å²) >= 11 is 1.93. The van der Waals surface area contributed by atoms with Crippen LogP contribution in [0.4, 0.5) is 0 Å². The monoisotopic (exact) mass is 170 g/mol. The lowest BCUT2D eigenvalue weighted by atomic mass is 9.95. The molecule has 0 spiro atoms. The van der Waals surface area contributed by atoms with E-state index in [1.54, 1.807) is 0 Å². The van der Waals surface area contributed by atoms with Crippen LogP contribution < -0.4 is 5.32 Å². The van der Waals surface area contributed by atoms with Gasteiger partial charge < -0.3 is 5.32 Å². The number of nitriles is 1. The van der Waals surface area contributed by atoms with Gasteiger partial charge in [0.1, 0.15) is 0 Å². The largest absolute Gasteiger partial charge is 0.321 e. The van der Waals surface area contributed by atoms with Gasteiger partial charge in [-0.1, -0.05) is 6.42 Å². The number of thioether (sulfide) groups is 1. The van der Waals surface area contributed by atoms with Crippen molar-refractivity contribution in [2.24, 2.45) is 0 Å². The van der Waals surface area contributed by atoms with Gasteiger partial charge in [0.25, 0.3) is 0 Å². The van der Waals surface area contributed by atoms with Crippen LogP contribution in [0.3, 0.4) is 0 Å². The van der Waals surface area contributed by atoms with E-state index in [0.717, 1.165) is 11.7 Å². The maximum Gasteiger partial charge on any atom is 0.176 e. The molecule has 2 unspecified atom stereocenters. The molecule has 3 heteroatoms. The lowest BCUT2D eigenvalue weighted by Crippen LogP contribution is -2.31. The Morgan fingerprint density at radius 1 is 1.55 bits per heavy atom. The Hall–Kier alpha value is -0.360. The molecule has 11 heavy (non-hydrogen) atoms. The topological polar surface area (TPSA) is 35.8 Å². The summed E-state index contributed by atoms with van der Waals surface area (Å²) in [4.78, 5) is 0. The Labute approximate surface area is 72.4 Å². The highest BCUT2D eigenvalue weighted by atomic mass is 32.2. The Morgan fingerprint density at radius 2 is 2.36 bits per heavy atom. The van der Waals surface area contributed by atoms with Gasteiger partial charge in [0, 0.05) is 11.3 Å². The van der Waals surface area contributed by atoms with E-state index in [-0.39, 0.29) is 0 Å². The van der Waals surface area contributed by atoms with Gasteiger partial charge in [-0.05, 0) is 25.5 Å². The van der Waals surface area contributed by atoms with Gasteiger partial charge in [-0.25, -0.2) is 0 Å². The summed E-state index contributed by atoms with van der Waals surface area (Å²) in [6.45, 7) is 0. The van der Waals surface area contributed by atoms with Gasteiger partial charge >= 0.3 is 0 Å². The van der Waals surface area contributed by atoms with Crippen molar-refractivity contribution < 1.29 is 0 Å². The third-order valence-electron chi connectivity index (χ3n) is 2.23. The smallest absolute Gasteiger partial charge is 0.176 e. The zero-order valence-corrected chi connectivity index (χ0v) is 7.66. The Morgan fingerprint density at radius 3 is 3.00 bits per heavy atom. The van der Waals surface area contributed by atoms with Crippen molar-refractivity contribution >= 4 is 11.8 Å². The molecule has 1 fully saturated rings. The van der Waals surface area contributed by atoms with E-state index < -0.39 is 0 Å². The standard InChI is InChI=1S/C8H14N2S/c1-11-8-4-2-3-7(5-8)10-6-9/h7-8,10H,2-5H2,1H3. The average molecular weight is 170 g/mol. The van der Waals surface area contributed by atoms with Gasteiger partial charge in [0.05, 0.1) is 0 Å². The highest BCUT2D eigenvalue weighted by Gasteiger charge is 2.20. The highest BCUT2D eigenvalue weighted by Crippen LogP contribution is 2.26. The van der Waals surface area contributed by atoms with Crippen molar-refractivity contribution in [3.63, 3.8) is 0 Å². The average Bonchev–Trinajstić information content (AvgIpc) is 2.06. The summed E-state index contributed by atoms with van der Waals surface area (Å²) in [6.07, 6.45) is 9.10. The first-order chi connectivity index (χ1) is 5.36. The van der Waals surface area contributed by atoms with Gasteiger partial charge in [0.2, 0.25) is 0 Å². The molecule has 0 aliphatic heterocycles. The molecule has 62 valence electrons. The second-order valence-corrected chi connectivity index (χ2v) is 4.12. The third-order valence-corrected chi connectivity index (χ3v) is 3.32. The van der Waals surface area contributed by atoms with Crippen LogP contribution >= 0.6 is 11.8 Å². The summed E-state index contributed by atoms with van der Waals surface area (Å²) in [6, 6.07) is 0.450. The molecular formula is C8H14N2S. The number of nitrogens with one attached hydrogen (secondary N) is 1. The molecule has 0 aromatic carbocycles. The van der Waals surface area contributed by atoms with Crippen LogP contribution in [-0.4, -0.2) is 17.5 Å². The van der Waals surface area contributed by atoms with E-state index in [2.05, 4.69) is 11.6 Å². The van der Waals surface area contributed by atoms with E-state index in [4.69, 9.17) is 5.26 Å². The van der Waals surface area contributed by atoms with Gasteiger partial charge in [0.15, 0.2) is 6.19 Å². The van der Waals surface area contributed by atoms with Crippen LogP contribution in [0.2, 0.25) is 0 Å². The lowest BCUT2D eigenvalue weighted by molar-refractivity contribution is 0.417. The fourth-order valence-electron chi connectivity index (χ4n) is 1.58. The predicted molar refractivity (Wildman–Crippen MR) is 48.3 cm³/mol. The number of hydrogen-bond acceptors (Lipinski definition) is 3. The van der Waals surface area contributed by atoms with Gasteiger partial charge in [-0.3, -0.25) is 0 Å². The van der Waals surface area contributed by atoms with Crippen LogP contribution in [-0.2, 0) is 0 Å². The number of rotatable bonds is 2. The molecule has 1 aliphatic carbocycles. The maximum absolute atomic E-state index is 8.41. The minimum Gasteiger partial charge on any atom is -0.321 e. The molecule has 0 aromatic rings. The van der Waals surface area contributed by atoms with E-state index in [1.165, 1.54) is 19.3 Å². The summed E-state index contributed by atoms with van der Waals surface area (Å²) in [5.74, 6) is 0. The van der Waals surface area contributed by atoms with E-state index >= 15 is 0 Å². The molecule has 0 amide bonds. The molecular weight excluding hydrogens is 156 g/mol. The SMILES string of the molecule is CSC1CCCC(NC#N)C1. The van der Waals surface area contributed by atoms with Crippen LogP contribution in [0.25, 0.3) is 0 Å². The first-order valence-corrected chi connectivity index (χ1v) is 5.33. The van der Waals surface area contributed by atoms with Crippen molar-refractivity contribution in [2.75, 3.05) is 6.26 Å². The summed E-state index contributed by atoms with van der Waals surface area (Å²) < 4.78 is 0. The zero-order valence-electron chi connectivity index (χ0n) is 6.84. The van der Waals surface area contributed by atoms with Gasteiger partial charge in [-0.15, -0.1) is 0 Å². The molecule has 0 heterocycles. The molecule has 0 bridgehead atoms. The molecule has 1 rings (SSSR count). The zero-order chi connectivity index (χ0) is 8.10. The highest BCUT2D eigenvalue weighted by molar-refractivity contribution is 7.99. The minimum absolute atomic E-state index is 0.450. The molecule has 1 aliphatic rings. The van der Waals surface area contributed by atoms with Gasteiger partial charge in [-0.2, -0.15) is 17.0 Å². The molecule has 2 atom stereocenters.